The molecule has 1 saturated heterocycles. The summed E-state index contributed by atoms with van der Waals surface area (Å²) in [4.78, 5) is 26.5. The van der Waals surface area contributed by atoms with Gasteiger partial charge in [0, 0.05) is 24.0 Å². The molecule has 37 heavy (non-hydrogen) atoms. The highest BCUT2D eigenvalue weighted by Crippen LogP contribution is 2.25. The Morgan fingerprint density at radius 1 is 1.11 bits per heavy atom. The van der Waals surface area contributed by atoms with Crippen LogP contribution in [0.5, 0.6) is 0 Å². The molecule has 3 aromatic carbocycles. The Kier molecular flexibility index (Phi) is 8.00. The van der Waals surface area contributed by atoms with Crippen LogP contribution in [0.4, 0.5) is 8.78 Å². The van der Waals surface area contributed by atoms with Crippen molar-refractivity contribution in [1.29, 1.82) is 0 Å². The molecule has 2 unspecified atom stereocenters. The van der Waals surface area contributed by atoms with Gasteiger partial charge in [0.25, 0.3) is 5.91 Å². The van der Waals surface area contributed by atoms with Gasteiger partial charge in [-0.05, 0) is 53.8 Å². The molecule has 0 aliphatic carbocycles. The van der Waals surface area contributed by atoms with E-state index >= 15 is 0 Å². The van der Waals surface area contributed by atoms with Crippen molar-refractivity contribution in [2.24, 2.45) is 11.6 Å². The summed E-state index contributed by atoms with van der Waals surface area (Å²) in [6, 6.07) is 15.8. The summed E-state index contributed by atoms with van der Waals surface area (Å²) >= 11 is 0. The summed E-state index contributed by atoms with van der Waals surface area (Å²) in [5.74, 6) is 3.14. The lowest BCUT2D eigenvalue weighted by Gasteiger charge is -2.29. The number of nitrogens with one attached hydrogen (secondary N) is 1. The van der Waals surface area contributed by atoms with E-state index in [1.165, 1.54) is 22.2 Å². The third-order valence-corrected chi connectivity index (χ3v) is 6.62. The second-order valence-electron chi connectivity index (χ2n) is 9.14. The van der Waals surface area contributed by atoms with Gasteiger partial charge in [0.2, 0.25) is 5.91 Å². The minimum Gasteiger partial charge on any atom is -0.399 e. The zero-order chi connectivity index (χ0) is 26.5. The third kappa shape index (κ3) is 6.04. The number of hydrazine groups is 1. The molecule has 3 aromatic rings. The smallest absolute Gasteiger partial charge is 0.254 e. The molecule has 194 valence electrons. The van der Waals surface area contributed by atoms with Gasteiger partial charge in [0.05, 0.1) is 18.5 Å². The number of nitrogens with two attached hydrogens (primary N) is 2. The molecule has 6 N–H and O–H groups in total. The fraction of sp³-hybridized carbons (Fsp3) is 0.259. The van der Waals surface area contributed by atoms with E-state index in [9.17, 15) is 18.4 Å². The lowest BCUT2D eigenvalue weighted by atomic mass is 9.99. The molecule has 8 nitrogen and oxygen atoms in total. The number of carbonyl (C=O) groups excluding carboxylic acids is 2. The molecular formula is C27H29F2N5O3. The number of likely N-dealkylation sites (tertiary alicyclic amines) is 1. The van der Waals surface area contributed by atoms with Crippen LogP contribution in [-0.2, 0) is 11.2 Å². The summed E-state index contributed by atoms with van der Waals surface area (Å²) < 4.78 is 27.0. The van der Waals surface area contributed by atoms with Crippen LogP contribution in [0.25, 0.3) is 10.8 Å². The van der Waals surface area contributed by atoms with Gasteiger partial charge in [-0.1, -0.05) is 42.5 Å². The highest BCUT2D eigenvalue weighted by molar-refractivity contribution is 5.94. The maximum atomic E-state index is 13.7. The van der Waals surface area contributed by atoms with Crippen LogP contribution in [0.2, 0.25) is 0 Å². The van der Waals surface area contributed by atoms with Gasteiger partial charge in [-0.15, -0.1) is 0 Å². The van der Waals surface area contributed by atoms with E-state index in [-0.39, 0.29) is 12.0 Å². The number of carbonyl (C=O) groups is 2. The van der Waals surface area contributed by atoms with E-state index < -0.39 is 35.5 Å². The van der Waals surface area contributed by atoms with Gasteiger partial charge >= 0.3 is 0 Å². The first-order valence-electron chi connectivity index (χ1n) is 11.9. The Morgan fingerprint density at radius 2 is 1.86 bits per heavy atom. The first kappa shape index (κ1) is 26.1. The van der Waals surface area contributed by atoms with Crippen LogP contribution in [0.3, 0.4) is 0 Å². The first-order chi connectivity index (χ1) is 17.8. The summed E-state index contributed by atoms with van der Waals surface area (Å²) in [5.41, 5.74) is 9.27. The maximum absolute atomic E-state index is 13.7. The number of hydrogen-bond donors (Lipinski definition) is 4. The zero-order valence-corrected chi connectivity index (χ0v) is 20.1. The Balaban J connectivity index is 1.54. The van der Waals surface area contributed by atoms with Crippen molar-refractivity contribution in [3.05, 3.63) is 95.3 Å². The molecule has 1 aliphatic rings. The van der Waals surface area contributed by atoms with Crippen LogP contribution < -0.4 is 17.1 Å². The van der Waals surface area contributed by atoms with Gasteiger partial charge in [-0.25, -0.2) is 20.1 Å². The maximum Gasteiger partial charge on any atom is 0.254 e. The second kappa shape index (κ2) is 11.4. The summed E-state index contributed by atoms with van der Waals surface area (Å²) in [6.07, 6.45) is 3.01. The summed E-state index contributed by atoms with van der Waals surface area (Å²) in [7, 11) is 0. The molecule has 1 fully saturated rings. The number of halogens is 2. The average Bonchev–Trinajstić information content (AvgIpc) is 3.39. The van der Waals surface area contributed by atoms with E-state index in [0.29, 0.717) is 31.5 Å². The lowest BCUT2D eigenvalue weighted by molar-refractivity contribution is -0.130. The molecule has 1 heterocycles. The largest absolute Gasteiger partial charge is 0.399 e. The van der Waals surface area contributed by atoms with Crippen molar-refractivity contribution in [1.82, 2.24) is 15.4 Å². The summed E-state index contributed by atoms with van der Waals surface area (Å²) in [6.45, 7) is 0.398. The van der Waals surface area contributed by atoms with Crippen LogP contribution in [-0.4, -0.2) is 45.6 Å². The van der Waals surface area contributed by atoms with E-state index in [1.807, 2.05) is 42.5 Å². The second-order valence-corrected chi connectivity index (χ2v) is 9.14. The number of amides is 2. The summed E-state index contributed by atoms with van der Waals surface area (Å²) in [5, 5.41) is 12.5. The average molecular weight is 510 g/mol. The van der Waals surface area contributed by atoms with E-state index in [1.54, 1.807) is 5.48 Å². The van der Waals surface area contributed by atoms with Gasteiger partial charge in [-0.2, -0.15) is 0 Å². The first-order valence-corrected chi connectivity index (χ1v) is 11.9. The van der Waals surface area contributed by atoms with Crippen molar-refractivity contribution in [3.63, 3.8) is 0 Å². The molecule has 10 heteroatoms. The van der Waals surface area contributed by atoms with Crippen molar-refractivity contribution in [3.8, 4) is 0 Å². The molecule has 0 aromatic heterocycles. The van der Waals surface area contributed by atoms with E-state index in [4.69, 9.17) is 16.8 Å². The molecule has 0 spiro atoms. The van der Waals surface area contributed by atoms with Crippen molar-refractivity contribution in [2.45, 2.75) is 37.8 Å². The fourth-order valence-corrected chi connectivity index (χ4v) is 4.70. The number of hydrogen-bond acceptors (Lipinski definition) is 6. The minimum atomic E-state index is -1.10. The molecule has 4 rings (SSSR count). The fourth-order valence-electron chi connectivity index (χ4n) is 4.70. The lowest BCUT2D eigenvalue weighted by Crippen LogP contribution is -2.44. The van der Waals surface area contributed by atoms with Crippen LogP contribution in [0.1, 0.15) is 35.2 Å². The minimum absolute atomic E-state index is 0.0250. The quantitative estimate of drug-likeness (QED) is 0.210. The molecular weight excluding hydrogens is 480 g/mol. The van der Waals surface area contributed by atoms with Crippen molar-refractivity contribution < 1.29 is 23.6 Å². The third-order valence-electron chi connectivity index (χ3n) is 6.62. The van der Waals surface area contributed by atoms with Crippen molar-refractivity contribution in [2.75, 3.05) is 6.54 Å². The number of fused-ring (bicyclic) bond motifs is 1. The Hall–Kier alpha value is -4.02. The predicted molar refractivity (Wildman–Crippen MR) is 135 cm³/mol. The van der Waals surface area contributed by atoms with E-state index in [0.717, 1.165) is 28.5 Å². The molecule has 0 saturated carbocycles. The Bertz CT molecular complexity index is 1330. The normalized spacial score (nSPS) is 16.6. The van der Waals surface area contributed by atoms with Crippen LogP contribution in [0.15, 0.2) is 72.6 Å². The highest BCUT2D eigenvalue weighted by atomic mass is 19.2. The monoisotopic (exact) mass is 509 g/mol. The molecule has 2 atom stereocenters. The molecule has 2 amide bonds. The number of hydroxylamine groups is 1. The topological polar surface area (TPSA) is 125 Å². The number of benzene rings is 3. The van der Waals surface area contributed by atoms with Crippen molar-refractivity contribution >= 4 is 22.6 Å². The zero-order valence-electron chi connectivity index (χ0n) is 20.1. The van der Waals surface area contributed by atoms with E-state index in [2.05, 4.69) is 0 Å². The Morgan fingerprint density at radius 3 is 2.59 bits per heavy atom. The molecule has 0 radical (unpaired) electrons. The molecule has 1 aliphatic heterocycles. The van der Waals surface area contributed by atoms with Crippen LogP contribution >= 0.6 is 0 Å². The van der Waals surface area contributed by atoms with Gasteiger partial charge in [0.15, 0.2) is 11.6 Å². The van der Waals surface area contributed by atoms with Crippen LogP contribution in [0, 0.1) is 11.6 Å². The Labute approximate surface area is 213 Å². The standard InChI is InChI=1S/C27H29F2N5O3/c28-22-10-9-20(14-23(22)29)27(36)33-11-3-6-25(33)24(30)16-34(31)21(15-26(35)32-37)13-17-7-8-18-4-1-2-5-19(18)12-17/h1-2,4-5,7-10,12,14,16,21,25,37H,3,6,11,13,15,30-31H2,(H,32,35)/b24-16-. The molecule has 0 bridgehead atoms. The van der Waals surface area contributed by atoms with Gasteiger partial charge in [-0.3, -0.25) is 14.8 Å². The SMILES string of the molecule is N/C(=C\N(N)C(CC(=O)NO)Cc1ccc2ccccc2c1)C1CCCN1C(=O)c1ccc(F)c(F)c1. The van der Waals surface area contributed by atoms with Gasteiger partial charge < -0.3 is 15.6 Å². The predicted octanol–water partition coefficient (Wildman–Crippen LogP) is 3.21. The number of rotatable bonds is 8. The highest BCUT2D eigenvalue weighted by Gasteiger charge is 2.32. The number of nitrogens with zero attached hydrogens (tertiary/aromatic N) is 2. The van der Waals surface area contributed by atoms with Gasteiger partial charge in [0.1, 0.15) is 0 Å².